The van der Waals surface area contributed by atoms with Gasteiger partial charge >= 0.3 is 5.97 Å². The zero-order chi connectivity index (χ0) is 9.84. The smallest absolute Gasteiger partial charge is 0.322 e. The molecule has 1 aliphatic rings. The summed E-state index contributed by atoms with van der Waals surface area (Å²) in [6, 6.07) is 0. The Kier molecular flexibility index (Phi) is 3.07. The van der Waals surface area contributed by atoms with Crippen molar-refractivity contribution in [1.29, 1.82) is 0 Å². The number of nitrogens with zero attached hydrogens (tertiary/aromatic N) is 2. The first-order valence-corrected chi connectivity index (χ1v) is 4.14. The van der Waals surface area contributed by atoms with Gasteiger partial charge in [0.05, 0.1) is 6.61 Å². The number of rotatable bonds is 2. The van der Waals surface area contributed by atoms with Gasteiger partial charge in [0.2, 0.25) is 5.11 Å². The minimum Gasteiger partial charge on any atom is -0.465 e. The van der Waals surface area contributed by atoms with Gasteiger partial charge in [-0.1, -0.05) is 0 Å². The van der Waals surface area contributed by atoms with E-state index in [0.717, 1.165) is 0 Å². The number of carbonyl (C=O) groups excluding carboxylic acids is 1. The molecule has 70 valence electrons. The van der Waals surface area contributed by atoms with Crippen LogP contribution >= 0.6 is 12.2 Å². The molecule has 0 saturated heterocycles. The molecule has 0 aliphatic carbocycles. The van der Waals surface area contributed by atoms with Crippen LogP contribution in [0.25, 0.3) is 0 Å². The SMILES string of the molecule is CCOC(=O)[C@H]1C=NC(=S)N=C1N. The monoisotopic (exact) mass is 199 g/mol. The van der Waals surface area contributed by atoms with E-state index in [-0.39, 0.29) is 10.9 Å². The summed E-state index contributed by atoms with van der Waals surface area (Å²) in [6.45, 7) is 2.02. The Morgan fingerprint density at radius 1 is 1.85 bits per heavy atom. The van der Waals surface area contributed by atoms with E-state index in [1.165, 1.54) is 6.21 Å². The maximum absolute atomic E-state index is 11.2. The van der Waals surface area contributed by atoms with Gasteiger partial charge in [-0.15, -0.1) is 0 Å². The van der Waals surface area contributed by atoms with Crippen molar-refractivity contribution < 1.29 is 9.53 Å². The first-order valence-electron chi connectivity index (χ1n) is 3.74. The first-order chi connectivity index (χ1) is 6.15. The van der Waals surface area contributed by atoms with Crippen LogP contribution < -0.4 is 5.73 Å². The zero-order valence-electron chi connectivity index (χ0n) is 7.06. The fourth-order valence-electron chi connectivity index (χ4n) is 0.837. The Morgan fingerprint density at radius 2 is 2.54 bits per heavy atom. The summed E-state index contributed by atoms with van der Waals surface area (Å²) in [5.74, 6) is -1.000. The van der Waals surface area contributed by atoms with Gasteiger partial charge in [0.15, 0.2) is 0 Å². The second-order valence-corrected chi connectivity index (χ2v) is 2.69. The third-order valence-electron chi connectivity index (χ3n) is 1.42. The number of aliphatic imine (C=N–C) groups is 2. The van der Waals surface area contributed by atoms with Crippen molar-refractivity contribution in [2.45, 2.75) is 6.92 Å². The summed E-state index contributed by atoms with van der Waals surface area (Å²) in [5.41, 5.74) is 5.47. The molecule has 0 saturated carbocycles. The van der Waals surface area contributed by atoms with Crippen molar-refractivity contribution in [1.82, 2.24) is 0 Å². The first kappa shape index (κ1) is 9.79. The minimum absolute atomic E-state index is 0.137. The molecule has 13 heavy (non-hydrogen) atoms. The molecular weight excluding hydrogens is 190 g/mol. The molecule has 6 heteroatoms. The summed E-state index contributed by atoms with van der Waals surface area (Å²) in [6.07, 6.45) is 1.35. The molecule has 1 heterocycles. The fourth-order valence-corrected chi connectivity index (χ4v) is 1.00. The molecule has 1 rings (SSSR count). The highest BCUT2D eigenvalue weighted by molar-refractivity contribution is 7.80. The molecule has 0 unspecified atom stereocenters. The number of hydrogen-bond acceptors (Lipinski definition) is 4. The lowest BCUT2D eigenvalue weighted by Gasteiger charge is -2.12. The Labute approximate surface area is 80.7 Å². The third kappa shape index (κ3) is 2.32. The largest absolute Gasteiger partial charge is 0.465 e. The number of esters is 1. The summed E-state index contributed by atoms with van der Waals surface area (Å²) in [7, 11) is 0. The predicted molar refractivity (Wildman–Crippen MR) is 52.8 cm³/mol. The number of amidine groups is 1. The van der Waals surface area contributed by atoms with Crippen LogP contribution in [0.1, 0.15) is 6.92 Å². The second kappa shape index (κ2) is 4.08. The van der Waals surface area contributed by atoms with Crippen LogP contribution in [-0.4, -0.2) is 29.7 Å². The van der Waals surface area contributed by atoms with Crippen molar-refractivity contribution in [3.8, 4) is 0 Å². The summed E-state index contributed by atoms with van der Waals surface area (Å²) in [4.78, 5) is 18.6. The average Bonchev–Trinajstić information content (AvgIpc) is 2.04. The normalized spacial score (nSPS) is 21.2. The summed E-state index contributed by atoms with van der Waals surface area (Å²) in [5, 5.41) is 0.137. The van der Waals surface area contributed by atoms with Crippen LogP contribution in [0.4, 0.5) is 0 Å². The van der Waals surface area contributed by atoms with Crippen LogP contribution in [-0.2, 0) is 9.53 Å². The van der Waals surface area contributed by atoms with Gasteiger partial charge < -0.3 is 10.5 Å². The highest BCUT2D eigenvalue weighted by atomic mass is 32.1. The Morgan fingerprint density at radius 3 is 3.08 bits per heavy atom. The molecule has 0 fully saturated rings. The lowest BCUT2D eigenvalue weighted by atomic mass is 10.1. The van der Waals surface area contributed by atoms with Gasteiger partial charge in [-0.25, -0.2) is 9.98 Å². The van der Waals surface area contributed by atoms with Gasteiger partial charge in [-0.2, -0.15) is 0 Å². The van der Waals surface area contributed by atoms with Crippen LogP contribution in [0.5, 0.6) is 0 Å². The van der Waals surface area contributed by atoms with Gasteiger partial charge in [0, 0.05) is 6.21 Å². The van der Waals surface area contributed by atoms with Crippen molar-refractivity contribution in [2.75, 3.05) is 6.61 Å². The van der Waals surface area contributed by atoms with Crippen molar-refractivity contribution >= 4 is 35.3 Å². The lowest BCUT2D eigenvalue weighted by Crippen LogP contribution is -2.35. The van der Waals surface area contributed by atoms with E-state index in [2.05, 4.69) is 22.2 Å². The van der Waals surface area contributed by atoms with Crippen molar-refractivity contribution in [2.24, 2.45) is 21.6 Å². The van der Waals surface area contributed by atoms with Crippen LogP contribution in [0.15, 0.2) is 9.98 Å². The van der Waals surface area contributed by atoms with Gasteiger partial charge in [0.1, 0.15) is 11.8 Å². The molecule has 0 amide bonds. The number of hydrogen-bond donors (Lipinski definition) is 1. The minimum atomic E-state index is -0.688. The Balaban J connectivity index is 2.72. The molecular formula is C7H9N3O2S. The summed E-state index contributed by atoms with van der Waals surface area (Å²) < 4.78 is 4.75. The van der Waals surface area contributed by atoms with E-state index in [1.807, 2.05) is 0 Å². The van der Waals surface area contributed by atoms with Crippen LogP contribution in [0, 0.1) is 5.92 Å². The van der Waals surface area contributed by atoms with E-state index >= 15 is 0 Å². The Hall–Kier alpha value is -1.30. The molecule has 0 aromatic carbocycles. The quantitative estimate of drug-likeness (QED) is 0.497. The van der Waals surface area contributed by atoms with E-state index in [0.29, 0.717) is 6.61 Å². The molecule has 1 aliphatic heterocycles. The van der Waals surface area contributed by atoms with Gasteiger partial charge in [-0.05, 0) is 19.1 Å². The maximum atomic E-state index is 11.2. The number of carbonyl (C=O) groups is 1. The lowest BCUT2D eigenvalue weighted by molar-refractivity contribution is -0.143. The standard InChI is InChI=1S/C7H9N3O2S/c1-2-12-6(11)4-3-9-7(13)10-5(4)8/h3-4H,2H2,1H3,(H2,8,10,13)/t4-/m0/s1. The highest BCUT2D eigenvalue weighted by Crippen LogP contribution is 2.04. The van der Waals surface area contributed by atoms with Crippen LogP contribution in [0.2, 0.25) is 0 Å². The molecule has 0 aromatic rings. The number of nitrogens with two attached hydrogens (primary N) is 1. The highest BCUT2D eigenvalue weighted by Gasteiger charge is 2.24. The zero-order valence-corrected chi connectivity index (χ0v) is 7.87. The molecule has 0 radical (unpaired) electrons. The van der Waals surface area contributed by atoms with E-state index in [1.54, 1.807) is 6.92 Å². The molecule has 1 atom stereocenters. The maximum Gasteiger partial charge on any atom is 0.322 e. The number of ether oxygens (including phenoxy) is 1. The molecule has 0 aromatic heterocycles. The second-order valence-electron chi connectivity index (χ2n) is 2.33. The van der Waals surface area contributed by atoms with E-state index in [4.69, 9.17) is 10.5 Å². The Bertz CT molecular complexity index is 298. The molecule has 2 N–H and O–H groups in total. The topological polar surface area (TPSA) is 77.0 Å². The molecule has 0 bridgehead atoms. The van der Waals surface area contributed by atoms with E-state index < -0.39 is 11.9 Å². The van der Waals surface area contributed by atoms with Crippen molar-refractivity contribution in [3.05, 3.63) is 0 Å². The van der Waals surface area contributed by atoms with Crippen LogP contribution in [0.3, 0.4) is 0 Å². The van der Waals surface area contributed by atoms with Crippen molar-refractivity contribution in [3.63, 3.8) is 0 Å². The predicted octanol–water partition coefficient (Wildman–Crippen LogP) is -0.108. The third-order valence-corrected chi connectivity index (χ3v) is 1.61. The molecule has 5 nitrogen and oxygen atoms in total. The fraction of sp³-hybridized carbons (Fsp3) is 0.429. The number of thiocarbonyl (C=S) groups is 1. The van der Waals surface area contributed by atoms with E-state index in [9.17, 15) is 4.79 Å². The average molecular weight is 199 g/mol. The summed E-state index contributed by atoms with van der Waals surface area (Å²) >= 11 is 4.67. The molecule has 0 spiro atoms. The van der Waals surface area contributed by atoms with Gasteiger partial charge in [-0.3, -0.25) is 4.79 Å². The van der Waals surface area contributed by atoms with Gasteiger partial charge in [0.25, 0.3) is 0 Å².